The van der Waals surface area contributed by atoms with Crippen molar-refractivity contribution in [2.24, 2.45) is 0 Å². The van der Waals surface area contributed by atoms with Gasteiger partial charge in [0.05, 0.1) is 11.3 Å². The van der Waals surface area contributed by atoms with E-state index in [9.17, 15) is 18.0 Å². The minimum atomic E-state index is -3.26. The summed E-state index contributed by atoms with van der Waals surface area (Å²) in [5.74, 6) is -1.39. The highest BCUT2D eigenvalue weighted by molar-refractivity contribution is 7.89. The van der Waals surface area contributed by atoms with E-state index in [1.807, 2.05) is 32.0 Å². The molecule has 0 saturated heterocycles. The number of aryl methyl sites for hydroxylation is 2. The monoisotopic (exact) mass is 451 g/mol. The van der Waals surface area contributed by atoms with Crippen molar-refractivity contribution in [2.75, 3.05) is 11.6 Å². The molecule has 0 bridgehead atoms. The van der Waals surface area contributed by atoms with E-state index < -0.39 is 27.8 Å². The van der Waals surface area contributed by atoms with E-state index in [1.165, 1.54) is 12.1 Å². The predicted octanol–water partition coefficient (Wildman–Crippen LogP) is 4.38. The van der Waals surface area contributed by atoms with Crippen molar-refractivity contribution in [3.8, 4) is 0 Å². The number of ether oxygens (including phenoxy) is 1. The summed E-state index contributed by atoms with van der Waals surface area (Å²) in [7, 11) is -3.26. The molecule has 0 aliphatic carbocycles. The first-order valence-corrected chi connectivity index (χ1v) is 12.1. The van der Waals surface area contributed by atoms with Gasteiger partial charge in [0.25, 0.3) is 5.91 Å². The van der Waals surface area contributed by atoms with Crippen LogP contribution in [0.5, 0.6) is 0 Å². The van der Waals surface area contributed by atoms with E-state index in [-0.39, 0.29) is 11.3 Å². The first kappa shape index (κ1) is 23.2. The highest BCUT2D eigenvalue weighted by atomic mass is 32.2. The Balaban J connectivity index is 1.87. The number of esters is 1. The second kappa shape index (κ2) is 9.78. The maximum absolute atomic E-state index is 13.1. The van der Waals surface area contributed by atoms with Gasteiger partial charge in [-0.3, -0.25) is 4.79 Å². The predicted molar refractivity (Wildman–Crippen MR) is 124 cm³/mol. The number of sulfone groups is 1. The number of nitrogens with one attached hydrogen (secondary N) is 1. The molecular weight excluding hydrogens is 426 g/mol. The highest BCUT2D eigenvalue weighted by Gasteiger charge is 2.26. The average Bonchev–Trinajstić information content (AvgIpc) is 2.74. The maximum atomic E-state index is 13.1. The van der Waals surface area contributed by atoms with Gasteiger partial charge in [-0.1, -0.05) is 54.6 Å². The van der Waals surface area contributed by atoms with E-state index >= 15 is 0 Å². The van der Waals surface area contributed by atoms with E-state index in [1.54, 1.807) is 42.5 Å². The zero-order valence-corrected chi connectivity index (χ0v) is 19.0. The van der Waals surface area contributed by atoms with Crippen LogP contribution >= 0.6 is 0 Å². The normalized spacial score (nSPS) is 12.1. The lowest BCUT2D eigenvalue weighted by Crippen LogP contribution is -2.26. The molecule has 0 aliphatic rings. The number of carbonyl (C=O) groups excluding carboxylic acids is 2. The molecule has 7 heteroatoms. The van der Waals surface area contributed by atoms with Crippen LogP contribution in [0.1, 0.15) is 38.7 Å². The molecule has 0 radical (unpaired) electrons. The number of benzene rings is 3. The Labute approximate surface area is 188 Å². The molecule has 3 aromatic carbocycles. The van der Waals surface area contributed by atoms with Gasteiger partial charge >= 0.3 is 5.97 Å². The van der Waals surface area contributed by atoms with Gasteiger partial charge in [-0.2, -0.15) is 0 Å². The third kappa shape index (κ3) is 6.28. The highest BCUT2D eigenvalue weighted by Crippen LogP contribution is 2.24. The Morgan fingerprint density at radius 3 is 2.34 bits per heavy atom. The Hall–Kier alpha value is -3.45. The minimum Gasteiger partial charge on any atom is -0.444 e. The molecular formula is C25H25NO5S. The summed E-state index contributed by atoms with van der Waals surface area (Å²) in [6, 6.07) is 20.7. The number of rotatable bonds is 7. The molecule has 32 heavy (non-hydrogen) atoms. The van der Waals surface area contributed by atoms with Gasteiger partial charge in [0.1, 0.15) is 0 Å². The number of hydrogen-bond donors (Lipinski definition) is 1. The van der Waals surface area contributed by atoms with Gasteiger partial charge in [0.15, 0.2) is 9.84 Å². The van der Waals surface area contributed by atoms with Crippen molar-refractivity contribution < 1.29 is 22.7 Å². The van der Waals surface area contributed by atoms with Crippen molar-refractivity contribution in [3.05, 3.63) is 101 Å². The number of carbonyl (C=O) groups is 2. The summed E-state index contributed by atoms with van der Waals surface area (Å²) >= 11 is 0. The molecule has 0 aliphatic heterocycles. The SMILES string of the molecule is Cc1ccc(C)c(NC(=O)C(OC(=O)c2cccc(CS(C)(=O)=O)c2)c2ccccc2)c1. The van der Waals surface area contributed by atoms with Gasteiger partial charge < -0.3 is 10.1 Å². The molecule has 166 valence electrons. The van der Waals surface area contributed by atoms with Gasteiger partial charge in [0.2, 0.25) is 6.10 Å². The van der Waals surface area contributed by atoms with Crippen molar-refractivity contribution in [1.82, 2.24) is 0 Å². The second-order valence-corrected chi connectivity index (χ2v) is 9.91. The summed E-state index contributed by atoms with van der Waals surface area (Å²) < 4.78 is 28.8. The fourth-order valence-electron chi connectivity index (χ4n) is 3.24. The topological polar surface area (TPSA) is 89.5 Å². The van der Waals surface area contributed by atoms with E-state index in [4.69, 9.17) is 4.74 Å². The zero-order chi connectivity index (χ0) is 23.3. The third-order valence-electron chi connectivity index (χ3n) is 4.81. The lowest BCUT2D eigenvalue weighted by Gasteiger charge is -2.19. The summed E-state index contributed by atoms with van der Waals surface area (Å²) in [6.07, 6.45) is -0.0525. The standard InChI is InChI=1S/C25H25NO5S/c1-17-12-13-18(2)22(14-17)26-24(27)23(20-9-5-4-6-10-20)31-25(28)21-11-7-8-19(15-21)16-32(3,29)30/h4-15,23H,16H2,1-3H3,(H,26,27). The molecule has 1 N–H and O–H groups in total. The molecule has 1 amide bonds. The van der Waals surface area contributed by atoms with Gasteiger partial charge in [0, 0.05) is 17.5 Å². The van der Waals surface area contributed by atoms with Crippen molar-refractivity contribution in [3.63, 3.8) is 0 Å². The van der Waals surface area contributed by atoms with Gasteiger partial charge in [-0.05, 0) is 48.7 Å². The summed E-state index contributed by atoms with van der Waals surface area (Å²) in [4.78, 5) is 26.0. The van der Waals surface area contributed by atoms with Crippen molar-refractivity contribution >= 4 is 27.4 Å². The minimum absolute atomic E-state index is 0.173. The number of amides is 1. The zero-order valence-electron chi connectivity index (χ0n) is 18.2. The van der Waals surface area contributed by atoms with Gasteiger partial charge in [-0.25, -0.2) is 13.2 Å². The first-order valence-electron chi connectivity index (χ1n) is 10.0. The van der Waals surface area contributed by atoms with Crippen LogP contribution in [0, 0.1) is 13.8 Å². The summed E-state index contributed by atoms with van der Waals surface area (Å²) in [5.41, 5.74) is 3.68. The average molecular weight is 452 g/mol. The Kier molecular flexibility index (Phi) is 7.10. The smallest absolute Gasteiger partial charge is 0.339 e. The Morgan fingerprint density at radius 1 is 0.938 bits per heavy atom. The number of hydrogen-bond acceptors (Lipinski definition) is 5. The molecule has 1 unspecified atom stereocenters. The largest absolute Gasteiger partial charge is 0.444 e. The molecule has 6 nitrogen and oxygen atoms in total. The molecule has 3 rings (SSSR count). The van der Waals surface area contributed by atoms with E-state index in [2.05, 4.69) is 5.32 Å². The second-order valence-electron chi connectivity index (χ2n) is 7.77. The number of anilines is 1. The lowest BCUT2D eigenvalue weighted by atomic mass is 10.1. The molecule has 1 atom stereocenters. The summed E-state index contributed by atoms with van der Waals surface area (Å²) in [6.45, 7) is 3.80. The molecule has 0 saturated carbocycles. The molecule has 0 heterocycles. The summed E-state index contributed by atoms with van der Waals surface area (Å²) in [5, 5.41) is 2.85. The molecule has 0 fully saturated rings. The van der Waals surface area contributed by atoms with Crippen LogP contribution in [0.3, 0.4) is 0 Å². The first-order chi connectivity index (χ1) is 15.1. The van der Waals surface area contributed by atoms with Crippen LogP contribution in [-0.2, 0) is 25.1 Å². The quantitative estimate of drug-likeness (QED) is 0.538. The van der Waals surface area contributed by atoms with E-state index in [0.717, 1.165) is 17.4 Å². The van der Waals surface area contributed by atoms with Crippen molar-refractivity contribution in [2.45, 2.75) is 25.7 Å². The van der Waals surface area contributed by atoms with Crippen molar-refractivity contribution in [1.29, 1.82) is 0 Å². The molecule has 0 aromatic heterocycles. The Bertz CT molecular complexity index is 1240. The van der Waals surface area contributed by atoms with Crippen LogP contribution in [0.15, 0.2) is 72.8 Å². The van der Waals surface area contributed by atoms with Crippen LogP contribution in [0.4, 0.5) is 5.69 Å². The van der Waals surface area contributed by atoms with Gasteiger partial charge in [-0.15, -0.1) is 0 Å². The molecule has 0 spiro atoms. The van der Waals surface area contributed by atoms with Crippen LogP contribution in [0.25, 0.3) is 0 Å². The fraction of sp³-hybridized carbons (Fsp3) is 0.200. The molecule has 3 aromatic rings. The van der Waals surface area contributed by atoms with Crippen LogP contribution in [-0.4, -0.2) is 26.6 Å². The maximum Gasteiger partial charge on any atom is 0.339 e. The fourth-order valence-corrected chi connectivity index (χ4v) is 4.02. The van der Waals surface area contributed by atoms with Crippen LogP contribution < -0.4 is 5.32 Å². The third-order valence-corrected chi connectivity index (χ3v) is 5.67. The van der Waals surface area contributed by atoms with E-state index in [0.29, 0.717) is 16.8 Å². The van der Waals surface area contributed by atoms with Crippen LogP contribution in [0.2, 0.25) is 0 Å². The Morgan fingerprint density at radius 2 is 1.66 bits per heavy atom. The lowest BCUT2D eigenvalue weighted by molar-refractivity contribution is -0.125.